The quantitative estimate of drug-likeness (QED) is 0.252. The number of carbonyl (C=O) groups excluding carboxylic acids is 1. The van der Waals surface area contributed by atoms with Gasteiger partial charge in [-0.05, 0) is 74.1 Å². The van der Waals surface area contributed by atoms with Gasteiger partial charge in [-0.2, -0.15) is 0 Å². The van der Waals surface area contributed by atoms with Crippen molar-refractivity contribution < 1.29 is 24.2 Å². The number of aryl methyl sites for hydroxylation is 3. The van der Waals surface area contributed by atoms with E-state index in [1.165, 1.54) is 0 Å². The molecule has 5 heteroatoms. The summed E-state index contributed by atoms with van der Waals surface area (Å²) in [5.41, 5.74) is 4.41. The van der Waals surface area contributed by atoms with E-state index in [1.54, 1.807) is 0 Å². The van der Waals surface area contributed by atoms with Crippen LogP contribution in [0.4, 0.5) is 0 Å². The Kier molecular flexibility index (Phi) is 10.1. The van der Waals surface area contributed by atoms with Gasteiger partial charge < -0.3 is 14.6 Å². The maximum Gasteiger partial charge on any atom is 0.303 e. The average molecular weight is 489 g/mol. The third-order valence-electron chi connectivity index (χ3n) is 6.19. The molecule has 1 atom stereocenters. The molecule has 3 rings (SSSR count). The lowest BCUT2D eigenvalue weighted by Crippen LogP contribution is -2.18. The molecule has 0 fully saturated rings. The van der Waals surface area contributed by atoms with Crippen molar-refractivity contribution in [1.82, 2.24) is 0 Å². The summed E-state index contributed by atoms with van der Waals surface area (Å²) < 4.78 is 12.1. The standard InChI is InChI=1S/C31H36O5/c1-4-5-9-24-12-16-29(28(21-24)31(34)26-10-7-6-8-11-26)36-23(3)18-19-35-27-15-13-25(22(2)20-27)14-17-30(32)33/h6-8,10-13,15-16,20-21,23H,4-5,9,14,17-19H2,1-3H3,(H,32,33). The maximum atomic E-state index is 13.3. The second-order valence-corrected chi connectivity index (χ2v) is 9.18. The maximum absolute atomic E-state index is 13.3. The van der Waals surface area contributed by atoms with Gasteiger partial charge >= 0.3 is 5.97 Å². The van der Waals surface area contributed by atoms with Crippen LogP contribution in [0.15, 0.2) is 66.7 Å². The number of rotatable bonds is 14. The SMILES string of the molecule is CCCCc1ccc(OC(C)CCOc2ccc(CCC(=O)O)c(C)c2)c(C(=O)c2ccccc2)c1. The Bertz CT molecular complexity index is 1150. The Morgan fingerprint density at radius 1 is 0.972 bits per heavy atom. The summed E-state index contributed by atoms with van der Waals surface area (Å²) in [6, 6.07) is 21.0. The largest absolute Gasteiger partial charge is 0.493 e. The lowest BCUT2D eigenvalue weighted by atomic mass is 9.98. The topological polar surface area (TPSA) is 72.8 Å². The van der Waals surface area contributed by atoms with Gasteiger partial charge in [0, 0.05) is 18.4 Å². The van der Waals surface area contributed by atoms with Gasteiger partial charge in [0.25, 0.3) is 0 Å². The van der Waals surface area contributed by atoms with Gasteiger partial charge in [-0.25, -0.2) is 0 Å². The van der Waals surface area contributed by atoms with E-state index in [0.717, 1.165) is 41.7 Å². The number of carboxylic acid groups (broad SMARTS) is 1. The molecule has 0 amide bonds. The predicted octanol–water partition coefficient (Wildman–Crippen LogP) is 6.82. The molecular weight excluding hydrogens is 452 g/mol. The van der Waals surface area contributed by atoms with E-state index in [0.29, 0.717) is 36.3 Å². The number of aliphatic carboxylic acids is 1. The molecule has 0 saturated carbocycles. The van der Waals surface area contributed by atoms with Crippen LogP contribution in [-0.4, -0.2) is 29.6 Å². The first-order chi connectivity index (χ1) is 17.4. The summed E-state index contributed by atoms with van der Waals surface area (Å²) in [7, 11) is 0. The van der Waals surface area contributed by atoms with Gasteiger partial charge in [-0.3, -0.25) is 9.59 Å². The molecule has 0 saturated heterocycles. The lowest BCUT2D eigenvalue weighted by molar-refractivity contribution is -0.136. The normalized spacial score (nSPS) is 11.6. The number of carbonyl (C=O) groups is 2. The van der Waals surface area contributed by atoms with Crippen LogP contribution in [0.5, 0.6) is 11.5 Å². The molecule has 190 valence electrons. The Hall–Kier alpha value is -3.60. The molecule has 0 aliphatic heterocycles. The third kappa shape index (κ3) is 7.98. The van der Waals surface area contributed by atoms with E-state index >= 15 is 0 Å². The highest BCUT2D eigenvalue weighted by Crippen LogP contribution is 2.26. The monoisotopic (exact) mass is 488 g/mol. The van der Waals surface area contributed by atoms with Gasteiger partial charge in [0.2, 0.25) is 0 Å². The first-order valence-electron chi connectivity index (χ1n) is 12.7. The van der Waals surface area contributed by atoms with Crippen LogP contribution in [0.3, 0.4) is 0 Å². The molecule has 1 unspecified atom stereocenters. The Morgan fingerprint density at radius 3 is 2.44 bits per heavy atom. The minimum Gasteiger partial charge on any atom is -0.493 e. The van der Waals surface area contributed by atoms with Gasteiger partial charge in [0.15, 0.2) is 5.78 Å². The van der Waals surface area contributed by atoms with Crippen molar-refractivity contribution in [2.45, 2.75) is 65.4 Å². The summed E-state index contributed by atoms with van der Waals surface area (Å²) in [4.78, 5) is 24.1. The second kappa shape index (κ2) is 13.5. The van der Waals surface area contributed by atoms with Gasteiger partial charge in [-0.1, -0.05) is 55.8 Å². The minimum absolute atomic E-state index is 0.0362. The van der Waals surface area contributed by atoms with E-state index in [1.807, 2.05) is 80.6 Å². The number of unbranched alkanes of at least 4 members (excludes halogenated alkanes) is 1. The number of benzene rings is 3. The fourth-order valence-corrected chi connectivity index (χ4v) is 4.04. The highest BCUT2D eigenvalue weighted by Gasteiger charge is 2.17. The van der Waals surface area contributed by atoms with Gasteiger partial charge in [-0.15, -0.1) is 0 Å². The molecule has 0 aromatic heterocycles. The van der Waals surface area contributed by atoms with Crippen molar-refractivity contribution in [2.75, 3.05) is 6.61 Å². The van der Waals surface area contributed by atoms with E-state index in [9.17, 15) is 9.59 Å². The zero-order chi connectivity index (χ0) is 25.9. The summed E-state index contributed by atoms with van der Waals surface area (Å²) in [5.74, 6) is 0.507. The molecule has 3 aromatic rings. The van der Waals surface area contributed by atoms with Crippen molar-refractivity contribution >= 4 is 11.8 Å². The average Bonchev–Trinajstić information content (AvgIpc) is 2.87. The number of carboxylic acids is 1. The zero-order valence-corrected chi connectivity index (χ0v) is 21.5. The van der Waals surface area contributed by atoms with E-state index in [-0.39, 0.29) is 18.3 Å². The van der Waals surface area contributed by atoms with Crippen molar-refractivity contribution in [3.8, 4) is 11.5 Å². The molecule has 3 aromatic carbocycles. The Morgan fingerprint density at radius 2 is 1.75 bits per heavy atom. The van der Waals surface area contributed by atoms with Crippen LogP contribution in [0.25, 0.3) is 0 Å². The molecule has 5 nitrogen and oxygen atoms in total. The van der Waals surface area contributed by atoms with Crippen molar-refractivity contribution in [1.29, 1.82) is 0 Å². The lowest BCUT2D eigenvalue weighted by Gasteiger charge is -2.18. The second-order valence-electron chi connectivity index (χ2n) is 9.18. The van der Waals surface area contributed by atoms with Crippen LogP contribution in [0, 0.1) is 6.92 Å². The molecule has 0 aliphatic rings. The Labute approximate surface area is 214 Å². The van der Waals surface area contributed by atoms with E-state index < -0.39 is 5.97 Å². The molecule has 0 heterocycles. The van der Waals surface area contributed by atoms with Crippen LogP contribution >= 0.6 is 0 Å². The van der Waals surface area contributed by atoms with Crippen LogP contribution in [0.2, 0.25) is 0 Å². The van der Waals surface area contributed by atoms with E-state index in [4.69, 9.17) is 14.6 Å². The van der Waals surface area contributed by atoms with Crippen molar-refractivity contribution in [3.05, 3.63) is 94.5 Å². The van der Waals surface area contributed by atoms with Crippen molar-refractivity contribution in [2.24, 2.45) is 0 Å². The summed E-state index contributed by atoms with van der Waals surface area (Å²) in [5, 5.41) is 8.89. The summed E-state index contributed by atoms with van der Waals surface area (Å²) in [6.07, 6.45) is 4.23. The fourth-order valence-electron chi connectivity index (χ4n) is 4.04. The molecular formula is C31H36O5. The van der Waals surface area contributed by atoms with Gasteiger partial charge in [0.1, 0.15) is 11.5 Å². The highest BCUT2D eigenvalue weighted by molar-refractivity contribution is 6.10. The Balaban J connectivity index is 1.63. The molecule has 0 aliphatic carbocycles. The van der Waals surface area contributed by atoms with Crippen LogP contribution in [-0.2, 0) is 17.6 Å². The van der Waals surface area contributed by atoms with Gasteiger partial charge in [0.05, 0.1) is 18.3 Å². The molecule has 0 spiro atoms. The van der Waals surface area contributed by atoms with Crippen LogP contribution < -0.4 is 9.47 Å². The number of hydrogen-bond acceptors (Lipinski definition) is 4. The predicted molar refractivity (Wildman–Crippen MR) is 142 cm³/mol. The molecule has 1 N–H and O–H groups in total. The summed E-state index contributed by atoms with van der Waals surface area (Å²) >= 11 is 0. The number of ketones is 1. The van der Waals surface area contributed by atoms with Crippen molar-refractivity contribution in [3.63, 3.8) is 0 Å². The zero-order valence-electron chi connectivity index (χ0n) is 21.5. The minimum atomic E-state index is -0.798. The molecule has 0 radical (unpaired) electrons. The highest BCUT2D eigenvalue weighted by atomic mass is 16.5. The first-order valence-corrected chi connectivity index (χ1v) is 12.7. The van der Waals surface area contributed by atoms with Crippen LogP contribution in [0.1, 0.15) is 72.1 Å². The number of hydrogen-bond donors (Lipinski definition) is 1. The summed E-state index contributed by atoms with van der Waals surface area (Å²) in [6.45, 7) is 6.56. The smallest absolute Gasteiger partial charge is 0.303 e. The number of ether oxygens (including phenoxy) is 2. The molecule has 0 bridgehead atoms. The molecule has 36 heavy (non-hydrogen) atoms. The third-order valence-corrected chi connectivity index (χ3v) is 6.19. The fraction of sp³-hybridized carbons (Fsp3) is 0.355. The first kappa shape index (κ1) is 27.0. The van der Waals surface area contributed by atoms with E-state index in [2.05, 4.69) is 6.92 Å².